The van der Waals surface area contributed by atoms with Gasteiger partial charge in [0.15, 0.2) is 0 Å². The first-order valence-corrected chi connectivity index (χ1v) is 3.75. The summed E-state index contributed by atoms with van der Waals surface area (Å²) >= 11 is 5.05. The van der Waals surface area contributed by atoms with Crippen molar-refractivity contribution in [1.82, 2.24) is 0 Å². The van der Waals surface area contributed by atoms with Crippen LogP contribution < -0.4 is 5.32 Å². The molecule has 0 amide bonds. The third kappa shape index (κ3) is 1.61. The second kappa shape index (κ2) is 3.42. The van der Waals surface area contributed by atoms with Crippen LogP contribution in [-0.4, -0.2) is 6.54 Å². The van der Waals surface area contributed by atoms with Gasteiger partial charge < -0.3 is 5.32 Å². The minimum atomic E-state index is 0.893. The predicted octanol–water partition coefficient (Wildman–Crippen LogP) is 2.67. The van der Waals surface area contributed by atoms with Gasteiger partial charge in [-0.05, 0) is 19.1 Å². The normalized spacial score (nSPS) is 9.30. The van der Waals surface area contributed by atoms with E-state index in [1.807, 2.05) is 24.3 Å². The van der Waals surface area contributed by atoms with E-state index in [1.54, 1.807) is 0 Å². The van der Waals surface area contributed by atoms with Gasteiger partial charge in [0, 0.05) is 6.54 Å². The van der Waals surface area contributed by atoms with Crippen LogP contribution in [0.5, 0.6) is 0 Å². The fourth-order valence-corrected chi connectivity index (χ4v) is 1.02. The first-order chi connectivity index (χ1) is 4.84. The Kier molecular flexibility index (Phi) is 2.51. The van der Waals surface area contributed by atoms with Crippen LogP contribution in [-0.2, 0) is 0 Å². The van der Waals surface area contributed by atoms with Crippen molar-refractivity contribution in [3.63, 3.8) is 0 Å². The smallest absolute Gasteiger partial charge is 0.0608 e. The van der Waals surface area contributed by atoms with Gasteiger partial charge in [-0.2, -0.15) is 0 Å². The van der Waals surface area contributed by atoms with Crippen LogP contribution in [0.2, 0.25) is 0 Å². The van der Waals surface area contributed by atoms with Crippen LogP contribution in [0, 0.1) is 0 Å². The number of hydrogen-bond donors (Lipinski definition) is 1. The van der Waals surface area contributed by atoms with Crippen molar-refractivity contribution in [2.24, 2.45) is 0 Å². The lowest BCUT2D eigenvalue weighted by molar-refractivity contribution is 1.19. The monoisotopic (exact) mass is 152 g/mol. The van der Waals surface area contributed by atoms with Crippen molar-refractivity contribution >= 4 is 18.3 Å². The maximum absolute atomic E-state index is 5.05. The van der Waals surface area contributed by atoms with Crippen LogP contribution in [0.25, 0.3) is 0 Å². The maximum atomic E-state index is 5.05. The lowest BCUT2D eigenvalue weighted by atomic mass is 10.3. The number of benzene rings is 1. The van der Waals surface area contributed by atoms with Crippen molar-refractivity contribution < 1.29 is 0 Å². The lowest BCUT2D eigenvalue weighted by Crippen LogP contribution is -1.96. The third-order valence-electron chi connectivity index (χ3n) is 1.25. The van der Waals surface area contributed by atoms with E-state index in [2.05, 4.69) is 12.2 Å². The Morgan fingerprint density at radius 3 is 2.70 bits per heavy atom. The summed E-state index contributed by atoms with van der Waals surface area (Å²) in [6, 6.07) is 7.84. The highest BCUT2D eigenvalue weighted by atomic mass is 32.1. The van der Waals surface area contributed by atoms with Crippen LogP contribution in [0.15, 0.2) is 29.2 Å². The van der Waals surface area contributed by atoms with Gasteiger partial charge >= 0.3 is 0 Å². The Balaban J connectivity index is 2.81. The third-order valence-corrected chi connectivity index (χ3v) is 1.61. The number of hydrogen-bond acceptors (Lipinski definition) is 1. The molecule has 0 unspecified atom stereocenters. The highest BCUT2D eigenvalue weighted by Crippen LogP contribution is 2.17. The summed E-state index contributed by atoms with van der Waals surface area (Å²) in [5.41, 5.74) is 1.06. The number of rotatable bonds is 2. The van der Waals surface area contributed by atoms with Gasteiger partial charge in [-0.1, -0.05) is 24.8 Å². The molecule has 0 aliphatic heterocycles. The molecule has 1 aromatic carbocycles. The van der Waals surface area contributed by atoms with Crippen LogP contribution >= 0.6 is 12.6 Å². The SMILES string of the molecule is CCNc1ccccc1[S]. The molecule has 0 atom stereocenters. The van der Waals surface area contributed by atoms with Crippen molar-refractivity contribution in [3.05, 3.63) is 24.3 Å². The summed E-state index contributed by atoms with van der Waals surface area (Å²) in [6.07, 6.45) is 0. The Labute approximate surface area is 66.9 Å². The van der Waals surface area contributed by atoms with E-state index in [0.717, 1.165) is 17.1 Å². The van der Waals surface area contributed by atoms with E-state index in [-0.39, 0.29) is 0 Å². The van der Waals surface area contributed by atoms with Gasteiger partial charge in [0.25, 0.3) is 0 Å². The van der Waals surface area contributed by atoms with Crippen molar-refractivity contribution in [2.45, 2.75) is 11.8 Å². The molecular weight excluding hydrogens is 142 g/mol. The van der Waals surface area contributed by atoms with Gasteiger partial charge in [-0.3, -0.25) is 0 Å². The summed E-state index contributed by atoms with van der Waals surface area (Å²) in [6.45, 7) is 2.98. The maximum Gasteiger partial charge on any atom is 0.0608 e. The Hall–Kier alpha value is -0.760. The molecule has 2 heteroatoms. The van der Waals surface area contributed by atoms with Crippen molar-refractivity contribution in [3.8, 4) is 0 Å². The Bertz CT molecular complexity index is 210. The van der Waals surface area contributed by atoms with Gasteiger partial charge in [-0.15, -0.1) is 0 Å². The molecule has 0 heterocycles. The second-order valence-electron chi connectivity index (χ2n) is 2.03. The predicted molar refractivity (Wildman–Crippen MR) is 46.5 cm³/mol. The fraction of sp³-hybridized carbons (Fsp3) is 0.250. The molecule has 0 aromatic heterocycles. The molecular formula is C8H10NS. The minimum Gasteiger partial charge on any atom is -0.384 e. The largest absolute Gasteiger partial charge is 0.384 e. The van der Waals surface area contributed by atoms with E-state index >= 15 is 0 Å². The number of nitrogens with one attached hydrogen (secondary N) is 1. The summed E-state index contributed by atoms with van der Waals surface area (Å²) in [4.78, 5) is 0.893. The molecule has 0 saturated heterocycles. The highest BCUT2D eigenvalue weighted by Gasteiger charge is 1.93. The van der Waals surface area contributed by atoms with Gasteiger partial charge in [0.1, 0.15) is 0 Å². The van der Waals surface area contributed by atoms with Crippen molar-refractivity contribution in [1.29, 1.82) is 0 Å². The van der Waals surface area contributed by atoms with Crippen molar-refractivity contribution in [2.75, 3.05) is 11.9 Å². The molecule has 1 rings (SSSR count). The second-order valence-corrected chi connectivity index (χ2v) is 2.47. The summed E-state index contributed by atoms with van der Waals surface area (Å²) in [7, 11) is 0. The van der Waals surface area contributed by atoms with E-state index in [4.69, 9.17) is 12.6 Å². The Morgan fingerprint density at radius 2 is 2.10 bits per heavy atom. The molecule has 1 aromatic rings. The van der Waals surface area contributed by atoms with Crippen LogP contribution in [0.3, 0.4) is 0 Å². The van der Waals surface area contributed by atoms with Crippen LogP contribution in [0.1, 0.15) is 6.92 Å². The first kappa shape index (κ1) is 7.35. The van der Waals surface area contributed by atoms with E-state index < -0.39 is 0 Å². The highest BCUT2D eigenvalue weighted by molar-refractivity contribution is 7.80. The molecule has 0 fully saturated rings. The average Bonchev–Trinajstić information content (AvgIpc) is 1.94. The standard InChI is InChI=1S/C8H10NS/c1-2-9-7-5-3-4-6-8(7)10/h3-6,9H,2H2,1H3. The zero-order valence-electron chi connectivity index (χ0n) is 5.92. The molecule has 0 aliphatic rings. The van der Waals surface area contributed by atoms with E-state index in [9.17, 15) is 0 Å². The minimum absolute atomic E-state index is 0.893. The zero-order chi connectivity index (χ0) is 7.40. The van der Waals surface area contributed by atoms with Gasteiger partial charge in [0.2, 0.25) is 0 Å². The quantitative estimate of drug-likeness (QED) is 0.687. The fourth-order valence-electron chi connectivity index (χ4n) is 0.803. The molecule has 53 valence electrons. The summed E-state index contributed by atoms with van der Waals surface area (Å²) in [5, 5.41) is 3.17. The van der Waals surface area contributed by atoms with Crippen LogP contribution in [0.4, 0.5) is 5.69 Å². The molecule has 0 saturated carbocycles. The molecule has 1 N–H and O–H groups in total. The molecule has 1 radical (unpaired) electrons. The number of anilines is 1. The van der Waals surface area contributed by atoms with E-state index in [1.165, 1.54) is 0 Å². The van der Waals surface area contributed by atoms with Gasteiger partial charge in [0.05, 0.1) is 10.6 Å². The lowest BCUT2D eigenvalue weighted by Gasteiger charge is -2.03. The molecule has 0 aliphatic carbocycles. The molecule has 10 heavy (non-hydrogen) atoms. The summed E-state index contributed by atoms with van der Waals surface area (Å²) < 4.78 is 0. The first-order valence-electron chi connectivity index (χ1n) is 3.34. The molecule has 0 spiro atoms. The zero-order valence-corrected chi connectivity index (χ0v) is 6.74. The van der Waals surface area contributed by atoms with E-state index in [0.29, 0.717) is 0 Å². The number of para-hydroxylation sites is 1. The van der Waals surface area contributed by atoms with Gasteiger partial charge in [-0.25, -0.2) is 0 Å². The topological polar surface area (TPSA) is 12.0 Å². The molecule has 1 nitrogen and oxygen atoms in total. The summed E-state index contributed by atoms with van der Waals surface area (Å²) in [5.74, 6) is 0. The molecule has 0 bridgehead atoms. The average molecular weight is 152 g/mol. The Morgan fingerprint density at radius 1 is 1.40 bits per heavy atom.